The first-order chi connectivity index (χ1) is 16.0. The van der Waals surface area contributed by atoms with Crippen molar-refractivity contribution in [3.8, 4) is 0 Å². The van der Waals surface area contributed by atoms with E-state index >= 15 is 0 Å². The average molecular weight is 469 g/mol. The van der Waals surface area contributed by atoms with Crippen molar-refractivity contribution in [2.75, 3.05) is 24.5 Å². The first-order valence-corrected chi connectivity index (χ1v) is 13.2. The first kappa shape index (κ1) is 23.9. The molecule has 2 atom stereocenters. The molecule has 0 radical (unpaired) electrons. The molecule has 1 fully saturated rings. The van der Waals surface area contributed by atoms with Crippen LogP contribution in [0.1, 0.15) is 62.2 Å². The van der Waals surface area contributed by atoms with Crippen molar-refractivity contribution in [2.45, 2.75) is 77.9 Å². The van der Waals surface area contributed by atoms with Crippen LogP contribution in [0.15, 0.2) is 29.6 Å². The highest BCUT2D eigenvalue weighted by molar-refractivity contribution is 7.09. The van der Waals surface area contributed by atoms with E-state index in [0.717, 1.165) is 60.8 Å². The summed E-state index contributed by atoms with van der Waals surface area (Å²) >= 11 is 1.59. The molecule has 178 valence electrons. The topological polar surface area (TPSA) is 56.8 Å². The molecule has 7 heteroatoms. The van der Waals surface area contributed by atoms with Gasteiger partial charge in [0.15, 0.2) is 0 Å². The Balaban J connectivity index is 1.71. The van der Waals surface area contributed by atoms with E-state index in [0.29, 0.717) is 31.5 Å². The second-order valence-electron chi connectivity index (χ2n) is 9.19. The molecule has 2 aliphatic rings. The van der Waals surface area contributed by atoms with E-state index in [2.05, 4.69) is 22.9 Å². The summed E-state index contributed by atoms with van der Waals surface area (Å²) in [6, 6.07) is 8.92. The number of carbonyl (C=O) groups excluding carboxylic acids is 2. The van der Waals surface area contributed by atoms with E-state index in [1.165, 1.54) is 6.42 Å². The van der Waals surface area contributed by atoms with E-state index < -0.39 is 0 Å². The first-order valence-electron chi connectivity index (χ1n) is 12.3. The quantitative estimate of drug-likeness (QED) is 0.667. The SMILES string of the molecule is CCC(=O)N1CCC2CCCC(CN(C(=O)Cc3csc(C)n3)Cc3ccccc31)N2CC. The third kappa shape index (κ3) is 5.46. The number of thiazole rings is 1. The maximum absolute atomic E-state index is 13.6. The number of benzene rings is 1. The Kier molecular flexibility index (Phi) is 7.81. The van der Waals surface area contributed by atoms with Crippen LogP contribution in [0.5, 0.6) is 0 Å². The number of hydrogen-bond acceptors (Lipinski definition) is 5. The molecule has 6 nitrogen and oxygen atoms in total. The van der Waals surface area contributed by atoms with E-state index in [1.54, 1.807) is 11.3 Å². The molecule has 1 aromatic heterocycles. The zero-order valence-corrected chi connectivity index (χ0v) is 20.9. The van der Waals surface area contributed by atoms with Crippen molar-refractivity contribution >= 4 is 28.8 Å². The summed E-state index contributed by atoms with van der Waals surface area (Å²) in [7, 11) is 0. The maximum Gasteiger partial charge on any atom is 0.228 e. The number of likely N-dealkylation sites (N-methyl/N-ethyl adjacent to an activating group) is 1. The van der Waals surface area contributed by atoms with Gasteiger partial charge in [-0.2, -0.15) is 0 Å². The van der Waals surface area contributed by atoms with Gasteiger partial charge in [0, 0.05) is 49.2 Å². The number of nitrogens with zero attached hydrogens (tertiary/aromatic N) is 4. The van der Waals surface area contributed by atoms with Gasteiger partial charge in [0.05, 0.1) is 17.1 Å². The summed E-state index contributed by atoms with van der Waals surface area (Å²) in [6.07, 6.45) is 5.22. The van der Waals surface area contributed by atoms with E-state index in [1.807, 2.05) is 47.2 Å². The summed E-state index contributed by atoms with van der Waals surface area (Å²) in [5.74, 6) is 0.258. The summed E-state index contributed by atoms with van der Waals surface area (Å²) in [4.78, 5) is 37.6. The summed E-state index contributed by atoms with van der Waals surface area (Å²) in [5.41, 5.74) is 2.84. The van der Waals surface area contributed by atoms with Gasteiger partial charge in [0.1, 0.15) is 0 Å². The minimum atomic E-state index is 0.112. The number of hydrogen-bond donors (Lipinski definition) is 0. The van der Waals surface area contributed by atoms with Crippen molar-refractivity contribution in [2.24, 2.45) is 0 Å². The molecule has 2 aromatic rings. The second-order valence-corrected chi connectivity index (χ2v) is 10.3. The Morgan fingerprint density at radius 1 is 1.09 bits per heavy atom. The monoisotopic (exact) mass is 468 g/mol. The number of aryl methyl sites for hydroxylation is 1. The number of amides is 2. The van der Waals surface area contributed by atoms with Gasteiger partial charge >= 0.3 is 0 Å². The maximum atomic E-state index is 13.6. The van der Waals surface area contributed by atoms with Gasteiger partial charge in [-0.25, -0.2) is 4.98 Å². The van der Waals surface area contributed by atoms with Crippen molar-refractivity contribution in [3.05, 3.63) is 45.9 Å². The number of carbonyl (C=O) groups is 2. The number of aromatic nitrogens is 1. The van der Waals surface area contributed by atoms with Crippen LogP contribution in [0.25, 0.3) is 0 Å². The minimum Gasteiger partial charge on any atom is -0.336 e. The van der Waals surface area contributed by atoms with Crippen LogP contribution in [-0.2, 0) is 22.6 Å². The summed E-state index contributed by atoms with van der Waals surface area (Å²) < 4.78 is 0. The molecule has 2 unspecified atom stereocenters. The number of para-hydroxylation sites is 1. The molecule has 2 bridgehead atoms. The predicted octanol–water partition coefficient (Wildman–Crippen LogP) is 4.41. The molecular weight excluding hydrogens is 432 g/mol. The Labute approximate surface area is 201 Å². The predicted molar refractivity (Wildman–Crippen MR) is 133 cm³/mol. The third-order valence-corrected chi connectivity index (χ3v) is 7.92. The van der Waals surface area contributed by atoms with Crippen molar-refractivity contribution in [3.63, 3.8) is 0 Å². The van der Waals surface area contributed by atoms with Crippen molar-refractivity contribution in [1.29, 1.82) is 0 Å². The van der Waals surface area contributed by atoms with Gasteiger partial charge in [0.25, 0.3) is 0 Å². The van der Waals surface area contributed by atoms with Gasteiger partial charge in [-0.15, -0.1) is 11.3 Å². The Morgan fingerprint density at radius 2 is 1.88 bits per heavy atom. The fraction of sp³-hybridized carbons (Fsp3) is 0.577. The van der Waals surface area contributed by atoms with Crippen LogP contribution in [-0.4, -0.2) is 58.3 Å². The fourth-order valence-corrected chi connectivity index (χ4v) is 6.08. The molecule has 2 aliphatic heterocycles. The molecule has 33 heavy (non-hydrogen) atoms. The fourth-order valence-electron chi connectivity index (χ4n) is 5.47. The van der Waals surface area contributed by atoms with Crippen molar-refractivity contribution in [1.82, 2.24) is 14.8 Å². The highest BCUT2D eigenvalue weighted by atomic mass is 32.1. The van der Waals surface area contributed by atoms with Crippen LogP contribution in [0.3, 0.4) is 0 Å². The van der Waals surface area contributed by atoms with Gasteiger partial charge in [-0.3, -0.25) is 14.5 Å². The Morgan fingerprint density at radius 3 is 2.61 bits per heavy atom. The highest BCUT2D eigenvalue weighted by Crippen LogP contribution is 2.30. The van der Waals surface area contributed by atoms with Crippen LogP contribution in [0.4, 0.5) is 5.69 Å². The second kappa shape index (κ2) is 10.8. The van der Waals surface area contributed by atoms with Gasteiger partial charge < -0.3 is 9.80 Å². The lowest BCUT2D eigenvalue weighted by Gasteiger charge is -2.43. The molecule has 0 saturated carbocycles. The number of fused-ring (bicyclic) bond motifs is 3. The molecule has 0 aliphatic carbocycles. The molecular formula is C26H36N4O2S. The molecule has 1 aromatic carbocycles. The molecule has 0 spiro atoms. The lowest BCUT2D eigenvalue weighted by molar-refractivity contribution is -0.132. The molecule has 4 rings (SSSR count). The normalized spacial score (nSPS) is 21.9. The zero-order chi connectivity index (χ0) is 23.4. The van der Waals surface area contributed by atoms with Crippen LogP contribution in [0, 0.1) is 6.92 Å². The number of rotatable bonds is 4. The minimum absolute atomic E-state index is 0.112. The van der Waals surface area contributed by atoms with Crippen LogP contribution < -0.4 is 4.90 Å². The molecule has 1 saturated heterocycles. The van der Waals surface area contributed by atoms with E-state index in [9.17, 15) is 9.59 Å². The number of piperidine rings is 1. The van der Waals surface area contributed by atoms with Gasteiger partial charge in [0.2, 0.25) is 11.8 Å². The van der Waals surface area contributed by atoms with Crippen LogP contribution in [0.2, 0.25) is 0 Å². The third-order valence-electron chi connectivity index (χ3n) is 7.09. The summed E-state index contributed by atoms with van der Waals surface area (Å²) in [6.45, 7) is 9.06. The highest BCUT2D eigenvalue weighted by Gasteiger charge is 2.33. The average Bonchev–Trinajstić information content (AvgIpc) is 3.22. The van der Waals surface area contributed by atoms with Crippen LogP contribution >= 0.6 is 11.3 Å². The van der Waals surface area contributed by atoms with Crippen molar-refractivity contribution < 1.29 is 9.59 Å². The smallest absolute Gasteiger partial charge is 0.228 e. The molecule has 0 N–H and O–H groups in total. The van der Waals surface area contributed by atoms with Gasteiger partial charge in [-0.1, -0.05) is 38.5 Å². The zero-order valence-electron chi connectivity index (χ0n) is 20.1. The lowest BCUT2D eigenvalue weighted by Crippen LogP contribution is -2.52. The standard InChI is InChI=1S/C26H36N4O2S/c1-4-25(31)30-14-13-22-10-8-11-23(29(22)5-2)17-28(16-20-9-6-7-12-24(20)30)26(32)15-21-18-33-19(3)27-21/h6-7,9,12,18,22-23H,4-5,8,10-11,13-17H2,1-3H3. The summed E-state index contributed by atoms with van der Waals surface area (Å²) in [5, 5.41) is 2.98. The molecule has 2 amide bonds. The molecule has 3 heterocycles. The van der Waals surface area contributed by atoms with E-state index in [4.69, 9.17) is 0 Å². The largest absolute Gasteiger partial charge is 0.336 e. The Bertz CT molecular complexity index is 975. The van der Waals surface area contributed by atoms with Gasteiger partial charge in [-0.05, 0) is 44.4 Å². The lowest BCUT2D eigenvalue weighted by atomic mass is 9.93. The Hall–Kier alpha value is -2.25. The van der Waals surface area contributed by atoms with E-state index in [-0.39, 0.29) is 11.8 Å². The number of anilines is 1.